The number of nitrogens with zero attached hydrogens (tertiary/aromatic N) is 1. The fourth-order valence-electron chi connectivity index (χ4n) is 1.88. The smallest absolute Gasteiger partial charge is 0.0480 e. The van der Waals surface area contributed by atoms with E-state index in [1.54, 1.807) is 0 Å². The molecule has 0 aromatic carbocycles. The fraction of sp³-hybridized carbons (Fsp3) is 0.818. The molecule has 1 rings (SSSR count). The molecule has 0 aliphatic carbocycles. The van der Waals surface area contributed by atoms with Gasteiger partial charge in [0.15, 0.2) is 0 Å². The zero-order valence-corrected chi connectivity index (χ0v) is 8.88. The van der Waals surface area contributed by atoms with Gasteiger partial charge in [-0.25, -0.2) is 0 Å². The van der Waals surface area contributed by atoms with Gasteiger partial charge in [-0.15, -0.1) is 0 Å². The molecule has 0 radical (unpaired) electrons. The van der Waals surface area contributed by atoms with E-state index in [4.69, 9.17) is 4.74 Å². The summed E-state index contributed by atoms with van der Waals surface area (Å²) in [4.78, 5) is 2.40. The molecule has 1 unspecified atom stereocenters. The van der Waals surface area contributed by atoms with Crippen molar-refractivity contribution < 1.29 is 4.74 Å². The lowest BCUT2D eigenvalue weighted by Gasteiger charge is -2.26. The predicted octanol–water partition coefficient (Wildman–Crippen LogP) is 2.06. The van der Waals surface area contributed by atoms with E-state index >= 15 is 0 Å². The van der Waals surface area contributed by atoms with Crippen LogP contribution in [0.3, 0.4) is 0 Å². The molecule has 1 aliphatic rings. The van der Waals surface area contributed by atoms with Gasteiger partial charge in [-0.2, -0.15) is 0 Å². The minimum absolute atomic E-state index is 0.694. The van der Waals surface area contributed by atoms with Crippen LogP contribution in [0.15, 0.2) is 12.2 Å². The van der Waals surface area contributed by atoms with Gasteiger partial charge in [0.05, 0.1) is 0 Å². The molecule has 1 atom stereocenters. The Labute approximate surface area is 81.6 Å². The van der Waals surface area contributed by atoms with Crippen LogP contribution in [0.1, 0.15) is 26.2 Å². The van der Waals surface area contributed by atoms with E-state index < -0.39 is 0 Å². The molecule has 2 nitrogen and oxygen atoms in total. The lowest BCUT2D eigenvalue weighted by atomic mass is 10.1. The van der Waals surface area contributed by atoms with Crippen molar-refractivity contribution in [3.05, 3.63) is 12.2 Å². The lowest BCUT2D eigenvalue weighted by Crippen LogP contribution is -2.33. The van der Waals surface area contributed by atoms with Crippen molar-refractivity contribution in [3.63, 3.8) is 0 Å². The van der Waals surface area contributed by atoms with Crippen molar-refractivity contribution in [2.45, 2.75) is 32.2 Å². The van der Waals surface area contributed by atoms with Gasteiger partial charge >= 0.3 is 0 Å². The topological polar surface area (TPSA) is 12.5 Å². The maximum absolute atomic E-state index is 5.43. The fourth-order valence-corrected chi connectivity index (χ4v) is 1.88. The summed E-state index contributed by atoms with van der Waals surface area (Å²) in [7, 11) is 2.19. The molecule has 2 heteroatoms. The Morgan fingerprint density at radius 1 is 1.46 bits per heavy atom. The normalized spacial score (nSPS) is 24.4. The third kappa shape index (κ3) is 3.92. The van der Waals surface area contributed by atoms with E-state index in [2.05, 4.69) is 25.5 Å². The summed E-state index contributed by atoms with van der Waals surface area (Å²) in [5.41, 5.74) is 1.24. The molecular formula is C11H21NO. The van der Waals surface area contributed by atoms with Crippen molar-refractivity contribution >= 4 is 0 Å². The maximum atomic E-state index is 5.43. The van der Waals surface area contributed by atoms with Crippen molar-refractivity contribution in [2.24, 2.45) is 0 Å². The summed E-state index contributed by atoms with van der Waals surface area (Å²) >= 11 is 0. The predicted molar refractivity (Wildman–Crippen MR) is 55.9 cm³/mol. The molecule has 0 saturated carbocycles. The van der Waals surface area contributed by atoms with Gasteiger partial charge in [-0.1, -0.05) is 12.2 Å². The van der Waals surface area contributed by atoms with E-state index in [9.17, 15) is 0 Å². The van der Waals surface area contributed by atoms with Gasteiger partial charge in [-0.05, 0) is 33.2 Å². The maximum Gasteiger partial charge on any atom is 0.0480 e. The number of ether oxygens (including phenoxy) is 1. The van der Waals surface area contributed by atoms with Crippen LogP contribution in [0.2, 0.25) is 0 Å². The SMILES string of the molecule is C=C(C)CN(C)C1CCCOCC1. The first-order valence-corrected chi connectivity index (χ1v) is 5.12. The van der Waals surface area contributed by atoms with Crippen molar-refractivity contribution in [1.29, 1.82) is 0 Å². The Morgan fingerprint density at radius 3 is 2.92 bits per heavy atom. The van der Waals surface area contributed by atoms with Gasteiger partial charge in [-0.3, -0.25) is 4.90 Å². The largest absolute Gasteiger partial charge is 0.381 e. The van der Waals surface area contributed by atoms with Crippen molar-refractivity contribution in [3.8, 4) is 0 Å². The minimum atomic E-state index is 0.694. The number of hydrogen-bond donors (Lipinski definition) is 0. The summed E-state index contributed by atoms with van der Waals surface area (Å²) in [5.74, 6) is 0. The molecule has 0 aromatic heterocycles. The highest BCUT2D eigenvalue weighted by Crippen LogP contribution is 2.14. The van der Waals surface area contributed by atoms with Crippen LogP contribution in [0, 0.1) is 0 Å². The zero-order valence-electron chi connectivity index (χ0n) is 8.88. The van der Waals surface area contributed by atoms with Gasteiger partial charge in [0.2, 0.25) is 0 Å². The number of hydrogen-bond acceptors (Lipinski definition) is 2. The van der Waals surface area contributed by atoms with E-state index in [1.165, 1.54) is 24.8 Å². The van der Waals surface area contributed by atoms with Gasteiger partial charge < -0.3 is 4.74 Å². The second-order valence-electron chi connectivity index (χ2n) is 4.07. The zero-order chi connectivity index (χ0) is 9.68. The van der Waals surface area contributed by atoms with E-state index in [1.807, 2.05) is 0 Å². The molecule has 1 saturated heterocycles. The monoisotopic (exact) mass is 183 g/mol. The van der Waals surface area contributed by atoms with Crippen LogP contribution in [0.5, 0.6) is 0 Å². The Hall–Kier alpha value is -0.340. The molecule has 0 bridgehead atoms. The van der Waals surface area contributed by atoms with Crippen LogP contribution in [-0.2, 0) is 4.74 Å². The second kappa shape index (κ2) is 5.40. The summed E-state index contributed by atoms with van der Waals surface area (Å²) in [6.07, 6.45) is 3.64. The highest BCUT2D eigenvalue weighted by molar-refractivity contribution is 4.92. The molecule has 1 heterocycles. The van der Waals surface area contributed by atoms with E-state index in [-0.39, 0.29) is 0 Å². The molecule has 13 heavy (non-hydrogen) atoms. The van der Waals surface area contributed by atoms with Gasteiger partial charge in [0.1, 0.15) is 0 Å². The first kappa shape index (κ1) is 10.7. The molecule has 1 aliphatic heterocycles. The standard InChI is InChI=1S/C11H21NO/c1-10(2)9-12(3)11-5-4-7-13-8-6-11/h11H,1,4-9H2,2-3H3. The third-order valence-electron chi connectivity index (χ3n) is 2.56. The molecule has 1 fully saturated rings. The highest BCUT2D eigenvalue weighted by atomic mass is 16.5. The Balaban J connectivity index is 2.34. The molecular weight excluding hydrogens is 162 g/mol. The quantitative estimate of drug-likeness (QED) is 0.621. The van der Waals surface area contributed by atoms with Crippen LogP contribution in [-0.4, -0.2) is 37.7 Å². The first-order valence-electron chi connectivity index (χ1n) is 5.12. The summed E-state index contributed by atoms with van der Waals surface area (Å²) in [6, 6.07) is 0.694. The Bertz CT molecular complexity index is 159. The summed E-state index contributed by atoms with van der Waals surface area (Å²) < 4.78 is 5.43. The molecule has 76 valence electrons. The van der Waals surface area contributed by atoms with E-state index in [0.717, 1.165) is 19.8 Å². The van der Waals surface area contributed by atoms with E-state index in [0.29, 0.717) is 6.04 Å². The van der Waals surface area contributed by atoms with Crippen LogP contribution in [0.4, 0.5) is 0 Å². The average Bonchev–Trinajstić information content (AvgIpc) is 2.29. The van der Waals surface area contributed by atoms with Crippen molar-refractivity contribution in [2.75, 3.05) is 26.8 Å². The van der Waals surface area contributed by atoms with Crippen LogP contribution in [0.25, 0.3) is 0 Å². The van der Waals surface area contributed by atoms with Gasteiger partial charge in [0, 0.05) is 25.8 Å². The number of likely N-dealkylation sites (N-methyl/N-ethyl adjacent to an activating group) is 1. The summed E-state index contributed by atoms with van der Waals surface area (Å²) in [6.45, 7) is 8.91. The van der Waals surface area contributed by atoms with Crippen LogP contribution >= 0.6 is 0 Å². The average molecular weight is 183 g/mol. The molecule has 0 aromatic rings. The minimum Gasteiger partial charge on any atom is -0.381 e. The second-order valence-corrected chi connectivity index (χ2v) is 4.07. The van der Waals surface area contributed by atoms with Gasteiger partial charge in [0.25, 0.3) is 0 Å². The molecule has 0 amide bonds. The molecule has 0 spiro atoms. The Morgan fingerprint density at radius 2 is 2.23 bits per heavy atom. The Kier molecular flexibility index (Phi) is 4.46. The third-order valence-corrected chi connectivity index (χ3v) is 2.56. The van der Waals surface area contributed by atoms with Crippen LogP contribution < -0.4 is 0 Å². The lowest BCUT2D eigenvalue weighted by molar-refractivity contribution is 0.136. The number of rotatable bonds is 3. The first-order chi connectivity index (χ1) is 6.20. The molecule has 0 N–H and O–H groups in total. The van der Waals surface area contributed by atoms with Crippen molar-refractivity contribution in [1.82, 2.24) is 4.90 Å². The summed E-state index contributed by atoms with van der Waals surface area (Å²) in [5, 5.41) is 0. The highest BCUT2D eigenvalue weighted by Gasteiger charge is 2.16.